The molecule has 0 aliphatic carbocycles. The second-order valence-electron chi connectivity index (χ2n) is 5.36. The molecular weight excluding hydrogens is 221 g/mol. The predicted octanol–water partition coefficient (Wildman–Crippen LogP) is -0.232. The van der Waals surface area contributed by atoms with Crippen LogP contribution in [-0.4, -0.2) is 47.0 Å². The van der Waals surface area contributed by atoms with Gasteiger partial charge in [-0.1, -0.05) is 0 Å². The molecule has 3 heterocycles. The van der Waals surface area contributed by atoms with Crippen LogP contribution in [0.25, 0.3) is 0 Å². The SMILES string of the molecule is CC=C[B-]1(O)OC(=O)[C@@H]2C(=O)C[N+]13CCC[C@@H]23. The Morgan fingerprint density at radius 2 is 2.29 bits per heavy atom. The van der Waals surface area contributed by atoms with Crippen molar-refractivity contribution in [3.63, 3.8) is 0 Å². The van der Waals surface area contributed by atoms with E-state index in [1.165, 1.54) is 0 Å². The molecule has 2 unspecified atom stereocenters. The van der Waals surface area contributed by atoms with Crippen molar-refractivity contribution >= 4 is 18.4 Å². The largest absolute Gasteiger partial charge is 0.611 e. The van der Waals surface area contributed by atoms with E-state index in [1.54, 1.807) is 19.0 Å². The molecule has 2 bridgehead atoms. The number of carbonyl (C=O) groups excluding carboxylic acids is 2. The van der Waals surface area contributed by atoms with Gasteiger partial charge < -0.3 is 14.1 Å². The van der Waals surface area contributed by atoms with Gasteiger partial charge in [-0.05, 0) is 13.3 Å². The number of nitrogens with zero attached hydrogens (tertiary/aromatic N) is 1. The van der Waals surface area contributed by atoms with Gasteiger partial charge in [-0.3, -0.25) is 9.59 Å². The second kappa shape index (κ2) is 3.20. The van der Waals surface area contributed by atoms with Gasteiger partial charge in [0.15, 0.2) is 5.92 Å². The molecule has 17 heavy (non-hydrogen) atoms. The lowest BCUT2D eigenvalue weighted by Gasteiger charge is -2.54. The summed E-state index contributed by atoms with van der Waals surface area (Å²) in [7, 11) is 0. The maximum Gasteiger partial charge on any atom is 0.548 e. The topological polar surface area (TPSA) is 63.6 Å². The van der Waals surface area contributed by atoms with Gasteiger partial charge in [0.25, 0.3) is 5.97 Å². The molecule has 3 aliphatic heterocycles. The van der Waals surface area contributed by atoms with Gasteiger partial charge in [-0.25, -0.2) is 0 Å². The number of quaternary nitrogens is 1. The lowest BCUT2D eigenvalue weighted by Crippen LogP contribution is -2.73. The second-order valence-corrected chi connectivity index (χ2v) is 5.36. The molecule has 0 amide bonds. The minimum absolute atomic E-state index is 0.0649. The number of Topliss-reactive ketones (excluding diaryl/α,β-unsaturated/α-hetero) is 1. The summed E-state index contributed by atoms with van der Waals surface area (Å²) in [5.74, 6) is 0.325. The molecule has 3 aliphatic rings. The third kappa shape index (κ3) is 1.12. The van der Waals surface area contributed by atoms with E-state index < -0.39 is 18.6 Å². The molecule has 0 radical (unpaired) electrons. The van der Waals surface area contributed by atoms with Crippen molar-refractivity contribution in [3.05, 3.63) is 12.1 Å². The molecule has 5 nitrogen and oxygen atoms in total. The average Bonchev–Trinajstić information content (AvgIpc) is 2.71. The number of carbonyl (C=O) groups is 2. The van der Waals surface area contributed by atoms with E-state index in [0.29, 0.717) is 0 Å². The van der Waals surface area contributed by atoms with Crippen LogP contribution >= 0.6 is 0 Å². The van der Waals surface area contributed by atoms with E-state index in [2.05, 4.69) is 0 Å². The lowest BCUT2D eigenvalue weighted by atomic mass is 9.64. The van der Waals surface area contributed by atoms with Crippen LogP contribution in [0.4, 0.5) is 0 Å². The Hall–Kier alpha value is -1.14. The smallest absolute Gasteiger partial charge is 0.548 e. The monoisotopic (exact) mass is 237 g/mol. The Balaban J connectivity index is 2.15. The molecule has 1 N–H and O–H groups in total. The highest BCUT2D eigenvalue weighted by Crippen LogP contribution is 2.47. The molecule has 3 rings (SSSR count). The van der Waals surface area contributed by atoms with Crippen molar-refractivity contribution in [3.8, 4) is 0 Å². The standard InChI is InChI=1S/C11H16BNO4/c1-2-5-12(16)13-6-3-4-8(13)10(9(14)7-13)11(15)17-12/h2,5,8,10,16H,3-4,6-7H2,1H3/t8-,10-,12?,13?/m0/s1. The highest BCUT2D eigenvalue weighted by Gasteiger charge is 2.69. The fourth-order valence-electron chi connectivity index (χ4n) is 3.97. The number of allylic oxidation sites excluding steroid dienone is 1. The summed E-state index contributed by atoms with van der Waals surface area (Å²) in [5, 5.41) is 10.7. The Labute approximate surface area is 99.6 Å². The normalized spacial score (nSPS) is 48.6. The first-order chi connectivity index (χ1) is 8.04. The van der Waals surface area contributed by atoms with Crippen molar-refractivity contribution < 1.29 is 23.7 Å². The number of ketones is 1. The quantitative estimate of drug-likeness (QED) is 0.505. The maximum atomic E-state index is 11.9. The molecule has 0 aromatic heterocycles. The van der Waals surface area contributed by atoms with E-state index in [0.717, 1.165) is 19.4 Å². The zero-order valence-corrected chi connectivity index (χ0v) is 9.83. The first-order valence-electron chi connectivity index (χ1n) is 6.17. The molecule has 0 aromatic carbocycles. The highest BCUT2D eigenvalue weighted by molar-refractivity contribution is 6.67. The minimum atomic E-state index is -2.39. The summed E-state index contributed by atoms with van der Waals surface area (Å²) in [5.41, 5.74) is 0. The molecule has 92 valence electrons. The summed E-state index contributed by atoms with van der Waals surface area (Å²) in [6, 6.07) is -0.0649. The first kappa shape index (κ1) is 11.0. The van der Waals surface area contributed by atoms with Crippen LogP contribution in [0.2, 0.25) is 0 Å². The van der Waals surface area contributed by atoms with Gasteiger partial charge >= 0.3 is 6.69 Å². The molecular formula is C11H16BNO4. The van der Waals surface area contributed by atoms with E-state index in [9.17, 15) is 14.6 Å². The summed E-state index contributed by atoms with van der Waals surface area (Å²) in [6.45, 7) is 0.354. The lowest BCUT2D eigenvalue weighted by molar-refractivity contribution is -0.847. The van der Waals surface area contributed by atoms with Gasteiger partial charge in [0, 0.05) is 13.0 Å². The molecule has 3 saturated heterocycles. The zero-order chi connectivity index (χ0) is 12.3. The van der Waals surface area contributed by atoms with Crippen molar-refractivity contribution in [1.82, 2.24) is 0 Å². The first-order valence-corrected chi connectivity index (χ1v) is 6.17. The van der Waals surface area contributed by atoms with Gasteiger partial charge in [0.05, 0.1) is 6.04 Å². The Morgan fingerprint density at radius 3 is 3.00 bits per heavy atom. The summed E-state index contributed by atoms with van der Waals surface area (Å²) in [6.07, 6.45) is 3.46. The van der Waals surface area contributed by atoms with Crippen LogP contribution in [0, 0.1) is 5.92 Å². The summed E-state index contributed by atoms with van der Waals surface area (Å²) < 4.78 is 5.48. The fourth-order valence-corrected chi connectivity index (χ4v) is 3.97. The number of hydrogen-bond donors (Lipinski definition) is 1. The van der Waals surface area contributed by atoms with Crippen molar-refractivity contribution in [2.45, 2.75) is 25.8 Å². The molecule has 4 atom stereocenters. The van der Waals surface area contributed by atoms with Crippen LogP contribution in [0.15, 0.2) is 12.1 Å². The molecule has 0 spiro atoms. The van der Waals surface area contributed by atoms with E-state index in [4.69, 9.17) is 4.65 Å². The molecule has 0 aromatic rings. The highest BCUT2D eigenvalue weighted by atomic mass is 16.6. The van der Waals surface area contributed by atoms with Gasteiger partial charge in [0.2, 0.25) is 5.78 Å². The Bertz CT molecular complexity index is 437. The van der Waals surface area contributed by atoms with Crippen LogP contribution in [0.1, 0.15) is 19.8 Å². The Kier molecular flexibility index (Phi) is 2.07. The van der Waals surface area contributed by atoms with Crippen LogP contribution in [0.5, 0.6) is 0 Å². The van der Waals surface area contributed by atoms with E-state index in [-0.39, 0.29) is 22.8 Å². The molecule has 0 saturated carbocycles. The minimum Gasteiger partial charge on any atom is -0.611 e. The van der Waals surface area contributed by atoms with Gasteiger partial charge in [0.1, 0.15) is 6.54 Å². The number of hydrogen-bond acceptors (Lipinski definition) is 4. The number of rotatable bonds is 1. The average molecular weight is 237 g/mol. The van der Waals surface area contributed by atoms with Crippen molar-refractivity contribution in [2.75, 3.05) is 13.1 Å². The third-order valence-corrected chi connectivity index (χ3v) is 4.64. The van der Waals surface area contributed by atoms with E-state index in [1.807, 2.05) is 0 Å². The molecule has 6 heteroatoms. The van der Waals surface area contributed by atoms with Gasteiger partial charge in [-0.15, -0.1) is 12.1 Å². The third-order valence-electron chi connectivity index (χ3n) is 4.64. The van der Waals surface area contributed by atoms with Crippen LogP contribution < -0.4 is 0 Å². The zero-order valence-electron chi connectivity index (χ0n) is 9.83. The van der Waals surface area contributed by atoms with E-state index >= 15 is 0 Å². The summed E-state index contributed by atoms with van der Waals surface area (Å²) >= 11 is 0. The fraction of sp³-hybridized carbons (Fsp3) is 0.636. The summed E-state index contributed by atoms with van der Waals surface area (Å²) in [4.78, 5) is 23.8. The van der Waals surface area contributed by atoms with Gasteiger partial charge in [-0.2, -0.15) is 0 Å². The maximum absolute atomic E-state index is 11.9. The predicted molar refractivity (Wildman–Crippen MR) is 60.4 cm³/mol. The Morgan fingerprint density at radius 1 is 1.53 bits per heavy atom. The van der Waals surface area contributed by atoms with Crippen LogP contribution in [0.3, 0.4) is 0 Å². The van der Waals surface area contributed by atoms with Crippen LogP contribution in [-0.2, 0) is 14.2 Å². The molecule has 3 fully saturated rings. The van der Waals surface area contributed by atoms with Crippen molar-refractivity contribution in [1.29, 1.82) is 0 Å². The van der Waals surface area contributed by atoms with Crippen molar-refractivity contribution in [2.24, 2.45) is 5.92 Å².